The number of carbonyl (C=O) groups excluding carboxylic acids is 1. The van der Waals surface area contributed by atoms with Crippen LogP contribution in [0, 0.1) is 0 Å². The third-order valence-electron chi connectivity index (χ3n) is 3.60. The number of ether oxygens (including phenoxy) is 2. The summed E-state index contributed by atoms with van der Waals surface area (Å²) in [5, 5.41) is 3.08. The standard InChI is InChI=1S/C15H19NO3/c1-14(2,3)16-13(17)15(6-7-15)10-4-5-11-12(8-10)19-9-18-11/h4-5,8H,6-7,9H2,1-3H3,(H,16,17). The van der Waals surface area contributed by atoms with E-state index < -0.39 is 0 Å². The summed E-state index contributed by atoms with van der Waals surface area (Å²) in [6.07, 6.45) is 1.79. The molecule has 1 heterocycles. The number of fused-ring (bicyclic) bond motifs is 1. The van der Waals surface area contributed by atoms with Crippen molar-refractivity contribution in [1.82, 2.24) is 5.32 Å². The van der Waals surface area contributed by atoms with Crippen LogP contribution in [0.1, 0.15) is 39.2 Å². The van der Waals surface area contributed by atoms with Gasteiger partial charge in [0.2, 0.25) is 12.7 Å². The second kappa shape index (κ2) is 3.89. The predicted molar refractivity (Wildman–Crippen MR) is 71.4 cm³/mol. The van der Waals surface area contributed by atoms with E-state index in [0.717, 1.165) is 29.9 Å². The van der Waals surface area contributed by atoms with E-state index in [2.05, 4.69) is 5.32 Å². The summed E-state index contributed by atoms with van der Waals surface area (Å²) in [7, 11) is 0. The average molecular weight is 261 g/mol. The Labute approximate surface area is 113 Å². The molecule has 0 radical (unpaired) electrons. The molecule has 0 bridgehead atoms. The molecule has 2 aliphatic rings. The SMILES string of the molecule is CC(C)(C)NC(=O)C1(c2ccc3c(c2)OCO3)CC1. The lowest BCUT2D eigenvalue weighted by Crippen LogP contribution is -2.46. The molecule has 1 aliphatic heterocycles. The van der Waals surface area contributed by atoms with Gasteiger partial charge >= 0.3 is 0 Å². The third-order valence-corrected chi connectivity index (χ3v) is 3.60. The Hall–Kier alpha value is -1.71. The molecule has 0 unspecified atom stereocenters. The van der Waals surface area contributed by atoms with Gasteiger partial charge < -0.3 is 14.8 Å². The molecule has 1 fully saturated rings. The number of carbonyl (C=O) groups is 1. The Bertz CT molecular complexity index is 527. The maximum absolute atomic E-state index is 12.5. The molecular weight excluding hydrogens is 242 g/mol. The fourth-order valence-corrected chi connectivity index (χ4v) is 2.43. The Kier molecular flexibility index (Phi) is 2.52. The molecule has 1 aromatic carbocycles. The van der Waals surface area contributed by atoms with Gasteiger partial charge in [-0.3, -0.25) is 4.79 Å². The van der Waals surface area contributed by atoms with Crippen molar-refractivity contribution in [2.24, 2.45) is 0 Å². The van der Waals surface area contributed by atoms with Crippen LogP contribution in [0.4, 0.5) is 0 Å². The molecule has 0 atom stereocenters. The Morgan fingerprint density at radius 3 is 2.53 bits per heavy atom. The zero-order chi connectivity index (χ0) is 13.7. The van der Waals surface area contributed by atoms with Gasteiger partial charge in [-0.15, -0.1) is 0 Å². The van der Waals surface area contributed by atoms with E-state index in [-0.39, 0.29) is 23.7 Å². The fraction of sp³-hybridized carbons (Fsp3) is 0.533. The average Bonchev–Trinajstić information content (AvgIpc) is 2.99. The first kappa shape index (κ1) is 12.3. The highest BCUT2D eigenvalue weighted by Gasteiger charge is 2.52. The summed E-state index contributed by atoms with van der Waals surface area (Å²) < 4.78 is 10.7. The second-order valence-electron chi connectivity index (χ2n) is 6.35. The normalized spacial score (nSPS) is 19.1. The molecule has 0 spiro atoms. The van der Waals surface area contributed by atoms with Gasteiger partial charge in [0.1, 0.15) is 0 Å². The van der Waals surface area contributed by atoms with Gasteiger partial charge in [0.25, 0.3) is 0 Å². The summed E-state index contributed by atoms with van der Waals surface area (Å²) >= 11 is 0. The first-order valence-corrected chi connectivity index (χ1v) is 6.63. The molecule has 0 aromatic heterocycles. The minimum absolute atomic E-state index is 0.110. The monoisotopic (exact) mass is 261 g/mol. The second-order valence-corrected chi connectivity index (χ2v) is 6.35. The van der Waals surface area contributed by atoms with Crippen LogP contribution < -0.4 is 14.8 Å². The maximum atomic E-state index is 12.5. The van der Waals surface area contributed by atoms with Crippen LogP contribution >= 0.6 is 0 Å². The molecule has 1 amide bonds. The van der Waals surface area contributed by atoms with Crippen molar-refractivity contribution in [2.45, 2.75) is 44.6 Å². The summed E-state index contributed by atoms with van der Waals surface area (Å²) in [5.41, 5.74) is 0.454. The van der Waals surface area contributed by atoms with Crippen LogP contribution in [0.3, 0.4) is 0 Å². The van der Waals surface area contributed by atoms with Gasteiger partial charge in [-0.05, 0) is 51.3 Å². The van der Waals surface area contributed by atoms with Crippen molar-refractivity contribution in [1.29, 1.82) is 0 Å². The molecule has 4 heteroatoms. The summed E-state index contributed by atoms with van der Waals surface area (Å²) in [6, 6.07) is 5.81. The maximum Gasteiger partial charge on any atom is 0.231 e. The molecule has 4 nitrogen and oxygen atoms in total. The van der Waals surface area contributed by atoms with E-state index in [9.17, 15) is 4.79 Å². The van der Waals surface area contributed by atoms with Gasteiger partial charge in [0.15, 0.2) is 11.5 Å². The van der Waals surface area contributed by atoms with Crippen LogP contribution in [0.5, 0.6) is 11.5 Å². The zero-order valence-corrected chi connectivity index (χ0v) is 11.6. The fourth-order valence-electron chi connectivity index (χ4n) is 2.43. The number of amides is 1. The quantitative estimate of drug-likeness (QED) is 0.889. The Morgan fingerprint density at radius 2 is 1.89 bits per heavy atom. The number of benzene rings is 1. The van der Waals surface area contributed by atoms with Gasteiger partial charge in [-0.2, -0.15) is 0 Å². The molecule has 0 saturated heterocycles. The van der Waals surface area contributed by atoms with Crippen LogP contribution in [0.15, 0.2) is 18.2 Å². The number of hydrogen-bond acceptors (Lipinski definition) is 3. The zero-order valence-electron chi connectivity index (χ0n) is 11.6. The third kappa shape index (κ3) is 2.15. The molecule has 1 aliphatic carbocycles. The lowest BCUT2D eigenvalue weighted by atomic mass is 9.93. The molecule has 19 heavy (non-hydrogen) atoms. The molecule has 1 N–H and O–H groups in total. The summed E-state index contributed by atoms with van der Waals surface area (Å²) in [5.74, 6) is 1.61. The van der Waals surface area contributed by atoms with Crippen molar-refractivity contribution >= 4 is 5.91 Å². The van der Waals surface area contributed by atoms with Crippen LogP contribution in [-0.2, 0) is 10.2 Å². The predicted octanol–water partition coefficient (Wildman–Crippen LogP) is 2.36. The van der Waals surface area contributed by atoms with E-state index in [1.807, 2.05) is 39.0 Å². The van der Waals surface area contributed by atoms with Gasteiger partial charge in [-0.25, -0.2) is 0 Å². The topological polar surface area (TPSA) is 47.6 Å². The lowest BCUT2D eigenvalue weighted by molar-refractivity contribution is -0.125. The highest BCUT2D eigenvalue weighted by atomic mass is 16.7. The Balaban J connectivity index is 1.87. The molecular formula is C15H19NO3. The van der Waals surface area contributed by atoms with Crippen molar-refractivity contribution in [3.63, 3.8) is 0 Å². The van der Waals surface area contributed by atoms with Crippen LogP contribution in [0.25, 0.3) is 0 Å². The van der Waals surface area contributed by atoms with E-state index in [1.165, 1.54) is 0 Å². The van der Waals surface area contributed by atoms with Crippen molar-refractivity contribution in [3.05, 3.63) is 23.8 Å². The van der Waals surface area contributed by atoms with E-state index in [0.29, 0.717) is 0 Å². The smallest absolute Gasteiger partial charge is 0.231 e. The molecule has 1 saturated carbocycles. The van der Waals surface area contributed by atoms with Crippen LogP contribution in [-0.4, -0.2) is 18.2 Å². The largest absolute Gasteiger partial charge is 0.454 e. The van der Waals surface area contributed by atoms with Gasteiger partial charge in [-0.1, -0.05) is 6.07 Å². The van der Waals surface area contributed by atoms with Gasteiger partial charge in [0, 0.05) is 5.54 Å². The molecule has 102 valence electrons. The van der Waals surface area contributed by atoms with Gasteiger partial charge in [0.05, 0.1) is 5.41 Å². The van der Waals surface area contributed by atoms with Crippen molar-refractivity contribution in [3.8, 4) is 11.5 Å². The number of hydrogen-bond donors (Lipinski definition) is 1. The first-order chi connectivity index (χ1) is 8.91. The van der Waals surface area contributed by atoms with Crippen LogP contribution in [0.2, 0.25) is 0 Å². The van der Waals surface area contributed by atoms with E-state index in [1.54, 1.807) is 0 Å². The van der Waals surface area contributed by atoms with Crippen molar-refractivity contribution < 1.29 is 14.3 Å². The highest BCUT2D eigenvalue weighted by molar-refractivity contribution is 5.92. The molecule has 3 rings (SSSR count). The minimum Gasteiger partial charge on any atom is -0.454 e. The molecule has 1 aromatic rings. The number of rotatable bonds is 2. The summed E-state index contributed by atoms with van der Waals surface area (Å²) in [6.45, 7) is 6.27. The highest BCUT2D eigenvalue weighted by Crippen LogP contribution is 2.50. The Morgan fingerprint density at radius 1 is 1.21 bits per heavy atom. The summed E-state index contributed by atoms with van der Waals surface area (Å²) in [4.78, 5) is 12.5. The van der Waals surface area contributed by atoms with Crippen molar-refractivity contribution in [2.75, 3.05) is 6.79 Å². The van der Waals surface area contributed by atoms with E-state index >= 15 is 0 Å². The van der Waals surface area contributed by atoms with E-state index in [4.69, 9.17) is 9.47 Å². The first-order valence-electron chi connectivity index (χ1n) is 6.63. The lowest BCUT2D eigenvalue weighted by Gasteiger charge is -2.25. The minimum atomic E-state index is -0.367. The number of nitrogens with one attached hydrogen (secondary N) is 1.